The lowest BCUT2D eigenvalue weighted by Crippen LogP contribution is -2.53. The van der Waals surface area contributed by atoms with Crippen LogP contribution in [0.3, 0.4) is 0 Å². The van der Waals surface area contributed by atoms with Gasteiger partial charge in [0.25, 0.3) is 0 Å². The molecule has 0 fully saturated rings. The molecule has 142 valence electrons. The van der Waals surface area contributed by atoms with E-state index >= 15 is 0 Å². The molecule has 7 heteroatoms. The summed E-state index contributed by atoms with van der Waals surface area (Å²) in [5, 5.41) is 3.22. The number of esters is 1. The first-order chi connectivity index (χ1) is 12.8. The predicted octanol–water partition coefficient (Wildman–Crippen LogP) is 3.19. The molecule has 3 rings (SSSR count). The van der Waals surface area contributed by atoms with Gasteiger partial charge in [-0.3, -0.25) is 4.79 Å². The van der Waals surface area contributed by atoms with Crippen LogP contribution in [0, 0.1) is 0 Å². The van der Waals surface area contributed by atoms with Crippen molar-refractivity contribution in [3.8, 4) is 0 Å². The van der Waals surface area contributed by atoms with Gasteiger partial charge in [-0.1, -0.05) is 6.07 Å². The summed E-state index contributed by atoms with van der Waals surface area (Å²) >= 11 is 0. The summed E-state index contributed by atoms with van der Waals surface area (Å²) in [7, 11) is 3.12. The van der Waals surface area contributed by atoms with Crippen LogP contribution in [-0.4, -0.2) is 43.1 Å². The second-order valence-electron chi connectivity index (χ2n) is 6.81. The van der Waals surface area contributed by atoms with Gasteiger partial charge in [0.05, 0.1) is 18.4 Å². The first-order valence-electron chi connectivity index (χ1n) is 8.86. The van der Waals surface area contributed by atoms with Crippen molar-refractivity contribution in [1.29, 1.82) is 0 Å². The lowest BCUT2D eigenvalue weighted by atomic mass is 10.1. The molecule has 0 radical (unpaired) electrons. The van der Waals surface area contributed by atoms with Crippen molar-refractivity contribution in [3.05, 3.63) is 42.0 Å². The minimum absolute atomic E-state index is 0.0458. The normalized spacial score (nSPS) is 16.4. The van der Waals surface area contributed by atoms with E-state index < -0.39 is 5.97 Å². The van der Waals surface area contributed by atoms with Gasteiger partial charge in [0.15, 0.2) is 5.82 Å². The monoisotopic (exact) mass is 368 g/mol. The maximum absolute atomic E-state index is 12.5. The smallest absolute Gasteiger partial charge is 0.337 e. The van der Waals surface area contributed by atoms with E-state index in [-0.39, 0.29) is 18.0 Å². The molecule has 1 aromatic carbocycles. The molecule has 0 unspecified atom stereocenters. The largest absolute Gasteiger partial charge is 0.465 e. The summed E-state index contributed by atoms with van der Waals surface area (Å²) in [6, 6.07) is 10.6. The van der Waals surface area contributed by atoms with Crippen LogP contribution in [0.25, 0.3) is 0 Å². The fourth-order valence-electron chi connectivity index (χ4n) is 3.35. The number of ether oxygens (including phenoxy) is 1. The number of amides is 1. The molecular weight excluding hydrogens is 344 g/mol. The predicted molar refractivity (Wildman–Crippen MR) is 106 cm³/mol. The van der Waals surface area contributed by atoms with Crippen LogP contribution in [0.4, 0.5) is 23.0 Å². The van der Waals surface area contributed by atoms with Crippen LogP contribution in [-0.2, 0) is 9.53 Å². The van der Waals surface area contributed by atoms with Gasteiger partial charge in [0.1, 0.15) is 11.9 Å². The molecule has 0 saturated carbocycles. The van der Waals surface area contributed by atoms with E-state index in [1.807, 2.05) is 43.9 Å². The van der Waals surface area contributed by atoms with Gasteiger partial charge in [-0.25, -0.2) is 9.78 Å². The molecule has 2 heterocycles. The van der Waals surface area contributed by atoms with Gasteiger partial charge in [-0.2, -0.15) is 0 Å². The Morgan fingerprint density at radius 2 is 2.00 bits per heavy atom. The number of carbonyl (C=O) groups excluding carboxylic acids is 2. The summed E-state index contributed by atoms with van der Waals surface area (Å²) < 4.78 is 4.76. The van der Waals surface area contributed by atoms with E-state index in [4.69, 9.17) is 9.72 Å². The van der Waals surface area contributed by atoms with Crippen LogP contribution in [0.1, 0.15) is 31.1 Å². The maximum atomic E-state index is 12.5. The van der Waals surface area contributed by atoms with Crippen LogP contribution in [0.5, 0.6) is 0 Å². The second kappa shape index (κ2) is 7.26. The number of nitrogens with one attached hydrogen (secondary N) is 1. The van der Waals surface area contributed by atoms with Crippen molar-refractivity contribution in [2.45, 2.75) is 32.9 Å². The van der Waals surface area contributed by atoms with Crippen molar-refractivity contribution in [2.75, 3.05) is 29.3 Å². The number of fused-ring (bicyclic) bond motifs is 1. The average Bonchev–Trinajstić information content (AvgIpc) is 2.65. The Balaban J connectivity index is 1.96. The molecule has 0 saturated heterocycles. The Morgan fingerprint density at radius 1 is 1.26 bits per heavy atom. The third-order valence-corrected chi connectivity index (χ3v) is 4.68. The van der Waals surface area contributed by atoms with Crippen molar-refractivity contribution < 1.29 is 14.3 Å². The molecule has 2 aromatic rings. The fourth-order valence-corrected chi connectivity index (χ4v) is 3.35. The highest BCUT2D eigenvalue weighted by atomic mass is 16.5. The molecular formula is C20H24N4O3. The van der Waals surface area contributed by atoms with Crippen molar-refractivity contribution in [2.24, 2.45) is 0 Å². The number of rotatable bonds is 4. The Kier molecular flexibility index (Phi) is 5.03. The molecule has 1 N–H and O–H groups in total. The molecule has 1 aliphatic heterocycles. The minimum Gasteiger partial charge on any atom is -0.465 e. The third kappa shape index (κ3) is 3.45. The minimum atomic E-state index is -0.392. The molecule has 1 aromatic heterocycles. The zero-order valence-corrected chi connectivity index (χ0v) is 16.2. The fraction of sp³-hybridized carbons (Fsp3) is 0.350. The molecule has 0 aliphatic carbocycles. The van der Waals surface area contributed by atoms with Crippen LogP contribution >= 0.6 is 0 Å². The number of hydrogen-bond donors (Lipinski definition) is 1. The number of methoxy groups -OCH3 is 1. The Labute approximate surface area is 158 Å². The number of aromatic nitrogens is 1. The van der Waals surface area contributed by atoms with Crippen LogP contribution in [0.2, 0.25) is 0 Å². The second-order valence-corrected chi connectivity index (χ2v) is 6.81. The van der Waals surface area contributed by atoms with Crippen molar-refractivity contribution >= 4 is 34.9 Å². The van der Waals surface area contributed by atoms with Crippen molar-refractivity contribution in [1.82, 2.24) is 4.98 Å². The van der Waals surface area contributed by atoms with E-state index in [2.05, 4.69) is 5.32 Å². The summed E-state index contributed by atoms with van der Waals surface area (Å²) in [4.78, 5) is 32.6. The van der Waals surface area contributed by atoms with E-state index in [1.165, 1.54) is 7.11 Å². The topological polar surface area (TPSA) is 74.8 Å². The highest BCUT2D eigenvalue weighted by Gasteiger charge is 2.36. The van der Waals surface area contributed by atoms with Gasteiger partial charge in [-0.05, 0) is 51.1 Å². The molecule has 27 heavy (non-hydrogen) atoms. The lowest BCUT2D eigenvalue weighted by Gasteiger charge is -2.41. The quantitative estimate of drug-likeness (QED) is 0.836. The van der Waals surface area contributed by atoms with Gasteiger partial charge >= 0.3 is 5.97 Å². The number of anilines is 4. The number of nitrogens with zero attached hydrogens (tertiary/aromatic N) is 3. The van der Waals surface area contributed by atoms with Gasteiger partial charge in [0.2, 0.25) is 5.91 Å². The molecule has 0 spiro atoms. The van der Waals surface area contributed by atoms with Crippen LogP contribution in [0.15, 0.2) is 36.4 Å². The first-order valence-corrected chi connectivity index (χ1v) is 8.86. The number of likely N-dealkylation sites (N-methyl/N-ethyl adjacent to an activating group) is 1. The highest BCUT2D eigenvalue weighted by molar-refractivity contribution is 6.04. The Hall–Kier alpha value is -3.09. The third-order valence-electron chi connectivity index (χ3n) is 4.68. The molecule has 1 atom stereocenters. The van der Waals surface area contributed by atoms with Crippen molar-refractivity contribution in [3.63, 3.8) is 0 Å². The number of carbonyl (C=O) groups is 2. The molecule has 1 aliphatic rings. The average molecular weight is 368 g/mol. The maximum Gasteiger partial charge on any atom is 0.337 e. The Bertz CT molecular complexity index is 881. The van der Waals surface area contributed by atoms with E-state index in [1.54, 1.807) is 30.1 Å². The first kappa shape index (κ1) is 18.7. The molecule has 1 amide bonds. The SMILES string of the molecule is COC(=O)c1cccc(Nc2ccc3c(n2)N(C(C)C)[C@H](C)C(=O)N3C)c1. The molecule has 7 nitrogen and oxygen atoms in total. The summed E-state index contributed by atoms with van der Waals surface area (Å²) in [6.45, 7) is 5.98. The highest BCUT2D eigenvalue weighted by Crippen LogP contribution is 2.36. The van der Waals surface area contributed by atoms with Gasteiger partial charge < -0.3 is 19.9 Å². The van der Waals surface area contributed by atoms with E-state index in [0.29, 0.717) is 11.4 Å². The standard InChI is InChI=1S/C20H24N4O3/c1-12(2)24-13(3)19(25)23(4)16-9-10-17(22-18(16)24)21-15-8-6-7-14(11-15)20(26)27-5/h6-13H,1-5H3,(H,21,22)/t13-/m1/s1. The Morgan fingerprint density at radius 3 is 2.67 bits per heavy atom. The number of pyridine rings is 1. The van der Waals surface area contributed by atoms with Gasteiger partial charge in [0, 0.05) is 18.8 Å². The van der Waals surface area contributed by atoms with E-state index in [9.17, 15) is 9.59 Å². The van der Waals surface area contributed by atoms with Gasteiger partial charge in [-0.15, -0.1) is 0 Å². The number of hydrogen-bond acceptors (Lipinski definition) is 6. The zero-order valence-electron chi connectivity index (χ0n) is 16.2. The summed E-state index contributed by atoms with van der Waals surface area (Å²) in [5.41, 5.74) is 1.97. The van der Waals surface area contributed by atoms with E-state index in [0.717, 1.165) is 17.2 Å². The molecule has 0 bridgehead atoms. The summed E-state index contributed by atoms with van der Waals surface area (Å²) in [5.74, 6) is 1.05. The lowest BCUT2D eigenvalue weighted by molar-refractivity contribution is -0.119. The van der Waals surface area contributed by atoms with Crippen LogP contribution < -0.4 is 15.1 Å². The zero-order chi connectivity index (χ0) is 19.7. The number of benzene rings is 1. The summed E-state index contributed by atoms with van der Waals surface area (Å²) in [6.07, 6.45) is 0.